The number of carbonyl (C=O) groups is 2. The van der Waals surface area contributed by atoms with Crippen LogP contribution in [0.25, 0.3) is 6.08 Å². The molecule has 1 aliphatic rings. The van der Waals surface area contributed by atoms with Gasteiger partial charge in [0.05, 0.1) is 41.7 Å². The Kier molecular flexibility index (Phi) is 10.6. The summed E-state index contributed by atoms with van der Waals surface area (Å²) >= 11 is 7.34. The molecule has 10 nitrogen and oxygen atoms in total. The van der Waals surface area contributed by atoms with Crippen LogP contribution in [-0.2, 0) is 23.8 Å². The third kappa shape index (κ3) is 7.10. The van der Waals surface area contributed by atoms with Gasteiger partial charge in [0, 0.05) is 12.1 Å². The minimum Gasteiger partial charge on any atom is -0.490 e. The molecule has 0 aliphatic carbocycles. The summed E-state index contributed by atoms with van der Waals surface area (Å²) in [6, 6.07) is 11.3. The van der Waals surface area contributed by atoms with Crippen LogP contribution in [0.2, 0.25) is 5.02 Å². The second-order valence-electron chi connectivity index (χ2n) is 8.99. The Balaban J connectivity index is 1.77. The number of ether oxygens (including phenoxy) is 5. The molecule has 42 heavy (non-hydrogen) atoms. The van der Waals surface area contributed by atoms with Gasteiger partial charge in [-0.05, 0) is 62.2 Å². The van der Waals surface area contributed by atoms with Crippen LogP contribution < -0.4 is 24.4 Å². The lowest BCUT2D eigenvalue weighted by Gasteiger charge is -2.24. The van der Waals surface area contributed by atoms with Gasteiger partial charge in [0.1, 0.15) is 6.61 Å². The molecule has 0 bridgehead atoms. The maximum atomic E-state index is 13.9. The average molecular weight is 615 g/mol. The molecule has 0 saturated heterocycles. The molecule has 0 saturated carbocycles. The summed E-state index contributed by atoms with van der Waals surface area (Å²) < 4.78 is 28.6. The number of rotatable bonds is 12. The highest BCUT2D eigenvalue weighted by molar-refractivity contribution is 7.07. The number of hydrogen-bond acceptors (Lipinski definition) is 10. The molecule has 4 rings (SSSR count). The van der Waals surface area contributed by atoms with E-state index in [1.807, 2.05) is 6.92 Å². The fourth-order valence-corrected chi connectivity index (χ4v) is 5.50. The van der Waals surface area contributed by atoms with Crippen molar-refractivity contribution in [2.24, 2.45) is 4.99 Å². The van der Waals surface area contributed by atoms with Gasteiger partial charge in [-0.3, -0.25) is 9.36 Å². The van der Waals surface area contributed by atoms with E-state index >= 15 is 0 Å². The summed E-state index contributed by atoms with van der Waals surface area (Å²) in [5, 5.41) is 0.524. The highest BCUT2D eigenvalue weighted by Crippen LogP contribution is 2.32. The number of carbonyl (C=O) groups excluding carboxylic acids is 2. The number of benzene rings is 2. The summed E-state index contributed by atoms with van der Waals surface area (Å²) in [6.45, 7) is 5.93. The molecule has 2 heterocycles. The SMILES string of the molecule is CCOC(=O)COc1ccc(C=c2sc3n(c2=O)C(c2ccc(Cl)cc2)C(C(=O)OCCOC)=C(C)N=3)cc1OCC. The van der Waals surface area contributed by atoms with Gasteiger partial charge in [0.2, 0.25) is 0 Å². The summed E-state index contributed by atoms with van der Waals surface area (Å²) in [7, 11) is 1.52. The number of allylic oxidation sites excluding steroid dienone is 1. The van der Waals surface area contributed by atoms with Crippen molar-refractivity contribution in [1.29, 1.82) is 0 Å². The average Bonchev–Trinajstić information content (AvgIpc) is 3.26. The third-order valence-electron chi connectivity index (χ3n) is 6.16. The fraction of sp³-hybridized carbons (Fsp3) is 0.333. The van der Waals surface area contributed by atoms with Gasteiger partial charge in [0.25, 0.3) is 5.56 Å². The van der Waals surface area contributed by atoms with E-state index in [0.717, 1.165) is 0 Å². The Hall–Kier alpha value is -3.93. The summed E-state index contributed by atoms with van der Waals surface area (Å²) in [4.78, 5) is 43.9. The van der Waals surface area contributed by atoms with E-state index in [1.165, 1.54) is 23.0 Å². The van der Waals surface area contributed by atoms with Crippen molar-refractivity contribution in [1.82, 2.24) is 4.57 Å². The van der Waals surface area contributed by atoms with Crippen LogP contribution in [0.15, 0.2) is 63.5 Å². The van der Waals surface area contributed by atoms with Crippen LogP contribution in [0.1, 0.15) is 37.9 Å². The first-order chi connectivity index (χ1) is 20.3. The van der Waals surface area contributed by atoms with Gasteiger partial charge in [-0.1, -0.05) is 41.1 Å². The molecule has 1 aromatic heterocycles. The highest BCUT2D eigenvalue weighted by atomic mass is 35.5. The third-order valence-corrected chi connectivity index (χ3v) is 7.40. The number of thiazole rings is 1. The van der Waals surface area contributed by atoms with E-state index in [-0.39, 0.29) is 37.6 Å². The lowest BCUT2D eigenvalue weighted by atomic mass is 9.96. The van der Waals surface area contributed by atoms with Crippen LogP contribution in [-0.4, -0.2) is 56.6 Å². The molecule has 222 valence electrons. The second kappa shape index (κ2) is 14.3. The maximum Gasteiger partial charge on any atom is 0.344 e. The van der Waals surface area contributed by atoms with E-state index in [0.29, 0.717) is 49.3 Å². The molecule has 0 spiro atoms. The quantitative estimate of drug-likeness (QED) is 0.225. The lowest BCUT2D eigenvalue weighted by molar-refractivity contribution is -0.145. The van der Waals surface area contributed by atoms with Crippen molar-refractivity contribution in [3.8, 4) is 11.5 Å². The zero-order valence-corrected chi connectivity index (χ0v) is 25.3. The number of nitrogens with zero attached hydrogens (tertiary/aromatic N) is 2. The maximum absolute atomic E-state index is 13.9. The Morgan fingerprint density at radius 3 is 2.48 bits per heavy atom. The fourth-order valence-electron chi connectivity index (χ4n) is 4.33. The first-order valence-electron chi connectivity index (χ1n) is 13.3. The normalized spacial score (nSPS) is 14.7. The number of methoxy groups -OCH3 is 1. The van der Waals surface area contributed by atoms with Gasteiger partial charge in [-0.2, -0.15) is 0 Å². The van der Waals surface area contributed by atoms with Crippen molar-refractivity contribution < 1.29 is 33.3 Å². The number of fused-ring (bicyclic) bond motifs is 1. The Bertz CT molecular complexity index is 1660. The summed E-state index contributed by atoms with van der Waals surface area (Å²) in [5.74, 6) is -0.280. The van der Waals surface area contributed by atoms with Gasteiger partial charge < -0.3 is 23.7 Å². The zero-order valence-electron chi connectivity index (χ0n) is 23.7. The minimum atomic E-state index is -0.770. The topological polar surface area (TPSA) is 115 Å². The largest absolute Gasteiger partial charge is 0.490 e. The smallest absolute Gasteiger partial charge is 0.344 e. The monoisotopic (exact) mass is 614 g/mol. The summed E-state index contributed by atoms with van der Waals surface area (Å²) in [6.07, 6.45) is 1.72. The predicted octanol–water partition coefficient (Wildman–Crippen LogP) is 3.42. The van der Waals surface area contributed by atoms with Gasteiger partial charge in [0.15, 0.2) is 22.9 Å². The Morgan fingerprint density at radius 1 is 1.02 bits per heavy atom. The van der Waals surface area contributed by atoms with Gasteiger partial charge >= 0.3 is 11.9 Å². The first kappa shape index (κ1) is 31.0. The molecule has 0 amide bonds. The molecule has 1 unspecified atom stereocenters. The number of esters is 2. The molecular formula is C30H31ClN2O8S. The molecule has 0 fully saturated rings. The second-order valence-corrected chi connectivity index (χ2v) is 10.4. The van der Waals surface area contributed by atoms with E-state index in [2.05, 4.69) is 4.99 Å². The van der Waals surface area contributed by atoms with Crippen molar-refractivity contribution >= 4 is 41.0 Å². The molecule has 0 N–H and O–H groups in total. The highest BCUT2D eigenvalue weighted by Gasteiger charge is 2.33. The van der Waals surface area contributed by atoms with Crippen LogP contribution >= 0.6 is 22.9 Å². The van der Waals surface area contributed by atoms with Crippen molar-refractivity contribution in [2.75, 3.05) is 40.1 Å². The zero-order chi connectivity index (χ0) is 30.2. The van der Waals surface area contributed by atoms with E-state index in [4.69, 9.17) is 35.3 Å². The van der Waals surface area contributed by atoms with E-state index in [9.17, 15) is 14.4 Å². The van der Waals surface area contributed by atoms with Gasteiger partial charge in [-0.25, -0.2) is 14.6 Å². The molecule has 0 radical (unpaired) electrons. The number of halogens is 1. The predicted molar refractivity (Wildman–Crippen MR) is 158 cm³/mol. The van der Waals surface area contributed by atoms with Crippen LogP contribution in [0.3, 0.4) is 0 Å². The lowest BCUT2D eigenvalue weighted by Crippen LogP contribution is -2.40. The summed E-state index contributed by atoms with van der Waals surface area (Å²) in [5.41, 5.74) is 1.74. The number of aromatic nitrogens is 1. The standard InChI is InChI=1S/C30H31ClN2O8S/c1-5-38-23-15-19(7-12-22(23)41-17-25(34)39-6-2)16-24-28(35)33-27(20-8-10-21(31)11-9-20)26(18(3)32-30(33)42-24)29(36)40-14-13-37-4/h7-12,15-16,27H,5-6,13-14,17H2,1-4H3. The van der Waals surface area contributed by atoms with Crippen LogP contribution in [0.5, 0.6) is 11.5 Å². The molecule has 3 aromatic rings. The molecule has 2 aromatic carbocycles. The van der Waals surface area contributed by atoms with Crippen LogP contribution in [0.4, 0.5) is 0 Å². The van der Waals surface area contributed by atoms with E-state index < -0.39 is 18.0 Å². The first-order valence-corrected chi connectivity index (χ1v) is 14.5. The number of hydrogen-bond donors (Lipinski definition) is 0. The Labute approximate surface area is 251 Å². The molecule has 12 heteroatoms. The molecular weight excluding hydrogens is 584 g/mol. The van der Waals surface area contributed by atoms with Crippen molar-refractivity contribution in [3.05, 3.63) is 89.6 Å². The minimum absolute atomic E-state index is 0.0610. The Morgan fingerprint density at radius 2 is 1.79 bits per heavy atom. The van der Waals surface area contributed by atoms with Crippen molar-refractivity contribution in [3.63, 3.8) is 0 Å². The molecule has 1 atom stereocenters. The van der Waals surface area contributed by atoms with Crippen molar-refractivity contribution in [2.45, 2.75) is 26.8 Å². The van der Waals surface area contributed by atoms with E-state index in [1.54, 1.807) is 62.4 Å². The molecule has 1 aliphatic heterocycles. The van der Waals surface area contributed by atoms with Crippen LogP contribution in [0, 0.1) is 0 Å². The van der Waals surface area contributed by atoms with Gasteiger partial charge in [-0.15, -0.1) is 0 Å².